The number of halogens is 2. The Morgan fingerprint density at radius 1 is 1.44 bits per heavy atom. The predicted octanol–water partition coefficient (Wildman–Crippen LogP) is 3.58. The van der Waals surface area contributed by atoms with Crippen LogP contribution in [-0.2, 0) is 11.2 Å². The lowest BCUT2D eigenvalue weighted by Gasteiger charge is -2.06. The van der Waals surface area contributed by atoms with Crippen LogP contribution in [0.15, 0.2) is 39.3 Å². The summed E-state index contributed by atoms with van der Waals surface area (Å²) in [7, 11) is 1.55. The molecule has 0 bridgehead atoms. The predicted molar refractivity (Wildman–Crippen MR) is 77.6 cm³/mol. The van der Waals surface area contributed by atoms with E-state index in [0.29, 0.717) is 5.69 Å². The molecule has 0 radical (unpaired) electrons. The van der Waals surface area contributed by atoms with Gasteiger partial charge in [-0.3, -0.25) is 9.79 Å². The van der Waals surface area contributed by atoms with Crippen LogP contribution in [-0.4, -0.2) is 19.2 Å². The molecule has 0 saturated carbocycles. The third-order valence-electron chi connectivity index (χ3n) is 2.24. The molecule has 0 atom stereocenters. The lowest BCUT2D eigenvalue weighted by molar-refractivity contribution is -0.112. The number of amides is 1. The van der Waals surface area contributed by atoms with E-state index < -0.39 is 5.91 Å². The molecule has 5 heteroatoms. The molecule has 0 heterocycles. The lowest BCUT2D eigenvalue weighted by atomic mass is 10.1. The second-order valence-corrected chi connectivity index (χ2v) is 4.34. The Kier molecular flexibility index (Phi) is 5.89. The van der Waals surface area contributed by atoms with E-state index in [9.17, 15) is 4.79 Å². The SMILES string of the molecule is CCc1cccc(NC(=O)/C(Cl)=C(Cl)\C=N/C)c1. The molecule has 0 aliphatic rings. The topological polar surface area (TPSA) is 41.5 Å². The zero-order valence-corrected chi connectivity index (χ0v) is 11.7. The first-order valence-corrected chi connectivity index (χ1v) is 6.21. The Morgan fingerprint density at radius 2 is 2.17 bits per heavy atom. The number of rotatable bonds is 4. The van der Waals surface area contributed by atoms with Crippen LogP contribution in [0, 0.1) is 0 Å². The highest BCUT2D eigenvalue weighted by atomic mass is 35.5. The van der Waals surface area contributed by atoms with Gasteiger partial charge in [0.25, 0.3) is 5.91 Å². The molecule has 1 amide bonds. The summed E-state index contributed by atoms with van der Waals surface area (Å²) in [5.74, 6) is -0.449. The second-order valence-electron chi connectivity index (χ2n) is 3.56. The van der Waals surface area contributed by atoms with E-state index in [0.717, 1.165) is 12.0 Å². The van der Waals surface area contributed by atoms with E-state index >= 15 is 0 Å². The second kappa shape index (κ2) is 7.19. The Bertz CT molecular complexity index is 496. The molecule has 0 aliphatic heterocycles. The fraction of sp³-hybridized carbons (Fsp3) is 0.231. The van der Waals surface area contributed by atoms with E-state index in [1.165, 1.54) is 6.21 Å². The van der Waals surface area contributed by atoms with E-state index in [4.69, 9.17) is 23.2 Å². The number of carbonyl (C=O) groups is 1. The van der Waals surface area contributed by atoms with Crippen molar-refractivity contribution in [3.05, 3.63) is 39.9 Å². The zero-order valence-electron chi connectivity index (χ0n) is 10.2. The summed E-state index contributed by atoms with van der Waals surface area (Å²) in [6.45, 7) is 2.04. The van der Waals surface area contributed by atoms with Crippen LogP contribution in [0.5, 0.6) is 0 Å². The van der Waals surface area contributed by atoms with E-state index in [1.54, 1.807) is 13.1 Å². The molecule has 18 heavy (non-hydrogen) atoms. The quantitative estimate of drug-likeness (QED) is 0.666. The number of hydrogen-bond acceptors (Lipinski definition) is 2. The van der Waals surface area contributed by atoms with Crippen LogP contribution in [0.4, 0.5) is 5.69 Å². The number of carbonyl (C=O) groups excluding carboxylic acids is 1. The van der Waals surface area contributed by atoms with Gasteiger partial charge >= 0.3 is 0 Å². The normalized spacial score (nSPS) is 12.4. The molecule has 0 unspecified atom stereocenters. The minimum Gasteiger partial charge on any atom is -0.321 e. The third-order valence-corrected chi connectivity index (χ3v) is 3.00. The summed E-state index contributed by atoms with van der Waals surface area (Å²) in [6.07, 6.45) is 2.22. The van der Waals surface area contributed by atoms with Gasteiger partial charge in [-0.05, 0) is 24.1 Å². The summed E-state index contributed by atoms with van der Waals surface area (Å²) in [4.78, 5) is 15.5. The van der Waals surface area contributed by atoms with Crippen molar-refractivity contribution >= 4 is 41.0 Å². The first kappa shape index (κ1) is 14.7. The summed E-state index contributed by atoms with van der Waals surface area (Å²) in [5, 5.41) is 2.72. The number of nitrogens with one attached hydrogen (secondary N) is 1. The van der Waals surface area contributed by atoms with Crippen LogP contribution in [0.2, 0.25) is 0 Å². The van der Waals surface area contributed by atoms with Gasteiger partial charge in [-0.25, -0.2) is 0 Å². The summed E-state index contributed by atoms with van der Waals surface area (Å²) >= 11 is 11.6. The standard InChI is InChI=1S/C13H14Cl2N2O/c1-3-9-5-4-6-10(7-9)17-13(18)12(15)11(14)8-16-2/h4-8H,3H2,1-2H3,(H,17,18)/b12-11-,16-8-. The van der Waals surface area contributed by atoms with E-state index in [2.05, 4.69) is 10.3 Å². The molecule has 0 saturated heterocycles. The van der Waals surface area contributed by atoms with Crippen molar-refractivity contribution in [1.29, 1.82) is 0 Å². The molecule has 1 aromatic rings. The monoisotopic (exact) mass is 284 g/mol. The molecule has 1 N–H and O–H groups in total. The number of aryl methyl sites for hydroxylation is 1. The maximum atomic E-state index is 11.8. The smallest absolute Gasteiger partial charge is 0.268 e. The zero-order chi connectivity index (χ0) is 13.5. The van der Waals surface area contributed by atoms with Crippen LogP contribution < -0.4 is 5.32 Å². The third kappa shape index (κ3) is 4.17. The average molecular weight is 285 g/mol. The molecule has 3 nitrogen and oxygen atoms in total. The highest BCUT2D eigenvalue weighted by Gasteiger charge is 2.11. The molecule has 96 valence electrons. The molecule has 0 spiro atoms. The van der Waals surface area contributed by atoms with Crippen molar-refractivity contribution < 1.29 is 4.79 Å². The Labute approximate surface area is 117 Å². The van der Waals surface area contributed by atoms with Crippen LogP contribution in [0.1, 0.15) is 12.5 Å². The highest BCUT2D eigenvalue weighted by Crippen LogP contribution is 2.16. The molecule has 0 aliphatic carbocycles. The number of anilines is 1. The molecule has 0 fully saturated rings. The minimum absolute atomic E-state index is 0.0795. The largest absolute Gasteiger partial charge is 0.321 e. The fourth-order valence-electron chi connectivity index (χ4n) is 1.33. The Hall–Kier alpha value is -1.32. The van der Waals surface area contributed by atoms with Crippen LogP contribution in [0.3, 0.4) is 0 Å². The number of benzene rings is 1. The molecule has 0 aromatic heterocycles. The van der Waals surface area contributed by atoms with Gasteiger partial charge in [-0.2, -0.15) is 0 Å². The van der Waals surface area contributed by atoms with Crippen molar-refractivity contribution in [2.24, 2.45) is 4.99 Å². The van der Waals surface area contributed by atoms with Crippen molar-refractivity contribution in [2.45, 2.75) is 13.3 Å². The summed E-state index contributed by atoms with van der Waals surface area (Å²) < 4.78 is 0. The van der Waals surface area contributed by atoms with E-state index in [1.807, 2.05) is 25.1 Å². The minimum atomic E-state index is -0.449. The van der Waals surface area contributed by atoms with Gasteiger partial charge < -0.3 is 5.32 Å². The molecule has 1 rings (SSSR count). The van der Waals surface area contributed by atoms with Crippen LogP contribution >= 0.6 is 23.2 Å². The van der Waals surface area contributed by atoms with Crippen molar-refractivity contribution in [3.8, 4) is 0 Å². The maximum Gasteiger partial charge on any atom is 0.268 e. The van der Waals surface area contributed by atoms with Gasteiger partial charge in [-0.1, -0.05) is 42.3 Å². The lowest BCUT2D eigenvalue weighted by Crippen LogP contribution is -2.12. The Balaban J connectivity index is 2.84. The number of nitrogens with zero attached hydrogens (tertiary/aromatic N) is 1. The van der Waals surface area contributed by atoms with Crippen molar-refractivity contribution in [2.75, 3.05) is 12.4 Å². The van der Waals surface area contributed by atoms with Gasteiger partial charge in [-0.15, -0.1) is 0 Å². The first-order chi connectivity index (χ1) is 8.58. The average Bonchev–Trinajstić information content (AvgIpc) is 2.38. The summed E-state index contributed by atoms with van der Waals surface area (Å²) in [6, 6.07) is 7.55. The highest BCUT2D eigenvalue weighted by molar-refractivity contribution is 6.53. The molecular weight excluding hydrogens is 271 g/mol. The van der Waals surface area contributed by atoms with Gasteiger partial charge in [0.05, 0.1) is 5.03 Å². The van der Waals surface area contributed by atoms with Crippen molar-refractivity contribution in [3.63, 3.8) is 0 Å². The van der Waals surface area contributed by atoms with Gasteiger partial charge in [0.15, 0.2) is 0 Å². The number of hydrogen-bond donors (Lipinski definition) is 1. The number of aliphatic imine (C=N–C) groups is 1. The maximum absolute atomic E-state index is 11.8. The van der Waals surface area contributed by atoms with Gasteiger partial charge in [0.1, 0.15) is 5.03 Å². The molecule has 1 aromatic carbocycles. The van der Waals surface area contributed by atoms with Crippen LogP contribution in [0.25, 0.3) is 0 Å². The first-order valence-electron chi connectivity index (χ1n) is 5.46. The number of allylic oxidation sites excluding steroid dienone is 1. The molecular formula is C13H14Cl2N2O. The van der Waals surface area contributed by atoms with Gasteiger partial charge in [0.2, 0.25) is 0 Å². The Morgan fingerprint density at radius 3 is 2.78 bits per heavy atom. The van der Waals surface area contributed by atoms with Gasteiger partial charge in [0, 0.05) is 18.9 Å². The van der Waals surface area contributed by atoms with Crippen molar-refractivity contribution in [1.82, 2.24) is 0 Å². The fourth-order valence-corrected chi connectivity index (χ4v) is 1.61. The summed E-state index contributed by atoms with van der Waals surface area (Å²) in [5.41, 5.74) is 1.82. The van der Waals surface area contributed by atoms with E-state index in [-0.39, 0.29) is 10.1 Å².